The van der Waals surface area contributed by atoms with E-state index in [1.807, 2.05) is 6.08 Å². The van der Waals surface area contributed by atoms with Crippen LogP contribution >= 0.6 is 15.9 Å². The Labute approximate surface area is 102 Å². The standard InChI is InChI=1S/C11H12BrN3O/c12-9-4-6-13-10(7-9)15-11(16)14-5-3-8-1-2-8/h3-8H,1-2H2,(H2,13,14,15,16)/b5-3+. The number of anilines is 1. The van der Waals surface area contributed by atoms with Gasteiger partial charge in [0.2, 0.25) is 0 Å². The summed E-state index contributed by atoms with van der Waals surface area (Å²) in [7, 11) is 0. The Hall–Kier alpha value is -1.36. The van der Waals surface area contributed by atoms with Crippen LogP contribution < -0.4 is 10.6 Å². The minimum atomic E-state index is -0.275. The molecule has 4 nitrogen and oxygen atoms in total. The van der Waals surface area contributed by atoms with Crippen LogP contribution in [0.15, 0.2) is 35.1 Å². The summed E-state index contributed by atoms with van der Waals surface area (Å²) < 4.78 is 0.881. The summed E-state index contributed by atoms with van der Waals surface area (Å²) in [4.78, 5) is 15.4. The summed E-state index contributed by atoms with van der Waals surface area (Å²) in [5.41, 5.74) is 0. The Morgan fingerprint density at radius 3 is 3.06 bits per heavy atom. The van der Waals surface area contributed by atoms with Gasteiger partial charge in [-0.1, -0.05) is 22.0 Å². The molecule has 1 fully saturated rings. The van der Waals surface area contributed by atoms with Gasteiger partial charge in [0.15, 0.2) is 0 Å². The second-order valence-electron chi connectivity index (χ2n) is 3.65. The maximum Gasteiger partial charge on any atom is 0.324 e. The van der Waals surface area contributed by atoms with Crippen LogP contribution in [0.2, 0.25) is 0 Å². The number of rotatable bonds is 3. The molecule has 0 atom stereocenters. The Balaban J connectivity index is 1.81. The lowest BCUT2D eigenvalue weighted by atomic mass is 10.4. The number of hydrogen-bond acceptors (Lipinski definition) is 2. The highest BCUT2D eigenvalue weighted by molar-refractivity contribution is 9.10. The third-order valence-electron chi connectivity index (χ3n) is 2.17. The predicted molar refractivity (Wildman–Crippen MR) is 66.0 cm³/mol. The fourth-order valence-corrected chi connectivity index (χ4v) is 1.51. The van der Waals surface area contributed by atoms with Gasteiger partial charge in [0, 0.05) is 16.9 Å². The predicted octanol–water partition coefficient (Wildman–Crippen LogP) is 2.89. The van der Waals surface area contributed by atoms with Crippen LogP contribution in [-0.4, -0.2) is 11.0 Å². The van der Waals surface area contributed by atoms with Crippen molar-refractivity contribution in [3.8, 4) is 0 Å². The molecule has 1 heterocycles. The molecule has 16 heavy (non-hydrogen) atoms. The molecule has 2 amide bonds. The Kier molecular flexibility index (Phi) is 3.56. The van der Waals surface area contributed by atoms with Gasteiger partial charge in [-0.3, -0.25) is 5.32 Å². The number of halogens is 1. The van der Waals surface area contributed by atoms with E-state index in [4.69, 9.17) is 0 Å². The zero-order valence-corrected chi connectivity index (χ0v) is 10.2. The van der Waals surface area contributed by atoms with Gasteiger partial charge in [-0.15, -0.1) is 0 Å². The van der Waals surface area contributed by atoms with Crippen molar-refractivity contribution < 1.29 is 4.79 Å². The van der Waals surface area contributed by atoms with E-state index in [0.717, 1.165) is 4.47 Å². The quantitative estimate of drug-likeness (QED) is 0.895. The molecule has 0 aliphatic heterocycles. The molecule has 2 rings (SSSR count). The van der Waals surface area contributed by atoms with E-state index in [9.17, 15) is 4.79 Å². The maximum atomic E-state index is 11.4. The Bertz CT molecular complexity index is 415. The molecular formula is C11H12BrN3O. The molecule has 0 spiro atoms. The molecule has 0 radical (unpaired) electrons. The van der Waals surface area contributed by atoms with Crippen LogP contribution in [0.5, 0.6) is 0 Å². The lowest BCUT2D eigenvalue weighted by molar-refractivity contribution is 0.255. The number of pyridine rings is 1. The first-order chi connectivity index (χ1) is 7.74. The lowest BCUT2D eigenvalue weighted by Gasteiger charge is -2.03. The molecule has 1 aliphatic rings. The van der Waals surface area contributed by atoms with Gasteiger partial charge < -0.3 is 5.32 Å². The number of nitrogens with zero attached hydrogens (tertiary/aromatic N) is 1. The van der Waals surface area contributed by atoms with Gasteiger partial charge in [-0.25, -0.2) is 9.78 Å². The summed E-state index contributed by atoms with van der Waals surface area (Å²) in [6, 6.07) is 3.27. The van der Waals surface area contributed by atoms with Crippen molar-refractivity contribution in [3.05, 3.63) is 35.1 Å². The summed E-state index contributed by atoms with van der Waals surface area (Å²) >= 11 is 3.31. The first kappa shape index (κ1) is 11.1. The van der Waals surface area contributed by atoms with E-state index in [0.29, 0.717) is 11.7 Å². The monoisotopic (exact) mass is 281 g/mol. The minimum Gasteiger partial charge on any atom is -0.315 e. The van der Waals surface area contributed by atoms with Crippen LogP contribution in [0.25, 0.3) is 0 Å². The highest BCUT2D eigenvalue weighted by Crippen LogP contribution is 2.29. The van der Waals surface area contributed by atoms with Gasteiger partial charge in [0.25, 0.3) is 0 Å². The summed E-state index contributed by atoms with van der Waals surface area (Å²) in [6.45, 7) is 0. The number of carbonyl (C=O) groups excluding carboxylic acids is 1. The normalized spacial score (nSPS) is 15.1. The fraction of sp³-hybridized carbons (Fsp3) is 0.273. The van der Waals surface area contributed by atoms with E-state index >= 15 is 0 Å². The summed E-state index contributed by atoms with van der Waals surface area (Å²) in [5.74, 6) is 1.18. The molecule has 1 aliphatic carbocycles. The number of urea groups is 1. The van der Waals surface area contributed by atoms with Crippen molar-refractivity contribution in [1.29, 1.82) is 0 Å². The molecule has 1 aromatic rings. The first-order valence-electron chi connectivity index (χ1n) is 5.10. The average molecular weight is 282 g/mol. The third kappa shape index (κ3) is 3.66. The van der Waals surface area contributed by atoms with Gasteiger partial charge in [0.1, 0.15) is 5.82 Å². The zero-order chi connectivity index (χ0) is 11.4. The molecule has 1 aromatic heterocycles. The van der Waals surface area contributed by atoms with Gasteiger partial charge in [0.05, 0.1) is 0 Å². The van der Waals surface area contributed by atoms with Crippen LogP contribution in [0.4, 0.5) is 10.6 Å². The number of carbonyl (C=O) groups is 1. The number of allylic oxidation sites excluding steroid dienone is 1. The molecule has 1 saturated carbocycles. The highest BCUT2D eigenvalue weighted by Gasteiger charge is 2.17. The fourth-order valence-electron chi connectivity index (χ4n) is 1.17. The number of hydrogen-bond donors (Lipinski definition) is 2. The zero-order valence-electron chi connectivity index (χ0n) is 8.61. The van der Waals surface area contributed by atoms with Crippen LogP contribution in [0.1, 0.15) is 12.8 Å². The number of aromatic nitrogens is 1. The Morgan fingerprint density at radius 1 is 1.56 bits per heavy atom. The molecule has 5 heteroatoms. The van der Waals surface area contributed by atoms with E-state index in [2.05, 4.69) is 31.5 Å². The van der Waals surface area contributed by atoms with E-state index in [-0.39, 0.29) is 6.03 Å². The van der Waals surface area contributed by atoms with Gasteiger partial charge in [-0.2, -0.15) is 0 Å². The molecule has 2 N–H and O–H groups in total. The SMILES string of the molecule is O=C(N/C=C/C1CC1)Nc1cc(Br)ccn1. The Morgan fingerprint density at radius 2 is 2.38 bits per heavy atom. The third-order valence-corrected chi connectivity index (χ3v) is 2.66. The van der Waals surface area contributed by atoms with Crippen molar-refractivity contribution in [2.45, 2.75) is 12.8 Å². The molecule has 0 unspecified atom stereocenters. The van der Waals surface area contributed by atoms with E-state index in [1.165, 1.54) is 12.8 Å². The molecule has 0 aromatic carbocycles. The molecular weight excluding hydrogens is 270 g/mol. The van der Waals surface area contributed by atoms with Gasteiger partial charge >= 0.3 is 6.03 Å². The minimum absolute atomic E-state index is 0.275. The first-order valence-corrected chi connectivity index (χ1v) is 5.89. The van der Waals surface area contributed by atoms with E-state index in [1.54, 1.807) is 24.5 Å². The lowest BCUT2D eigenvalue weighted by Crippen LogP contribution is -2.24. The topological polar surface area (TPSA) is 54.0 Å². The van der Waals surface area contributed by atoms with Crippen molar-refractivity contribution in [1.82, 2.24) is 10.3 Å². The number of amides is 2. The smallest absolute Gasteiger partial charge is 0.315 e. The molecule has 84 valence electrons. The van der Waals surface area contributed by atoms with Crippen molar-refractivity contribution >= 4 is 27.8 Å². The van der Waals surface area contributed by atoms with Crippen molar-refractivity contribution in [2.75, 3.05) is 5.32 Å². The second kappa shape index (κ2) is 5.12. The maximum absolute atomic E-state index is 11.4. The van der Waals surface area contributed by atoms with Crippen LogP contribution in [0.3, 0.4) is 0 Å². The number of nitrogens with one attached hydrogen (secondary N) is 2. The second-order valence-corrected chi connectivity index (χ2v) is 4.57. The molecule has 0 bridgehead atoms. The van der Waals surface area contributed by atoms with Gasteiger partial charge in [-0.05, 0) is 30.9 Å². The highest BCUT2D eigenvalue weighted by atomic mass is 79.9. The van der Waals surface area contributed by atoms with Crippen molar-refractivity contribution in [3.63, 3.8) is 0 Å². The average Bonchev–Trinajstić information content (AvgIpc) is 3.01. The van der Waals surface area contributed by atoms with Crippen molar-refractivity contribution in [2.24, 2.45) is 5.92 Å². The largest absolute Gasteiger partial charge is 0.324 e. The summed E-state index contributed by atoms with van der Waals surface area (Å²) in [6.07, 6.45) is 7.78. The molecule has 0 saturated heterocycles. The van der Waals surface area contributed by atoms with Crippen LogP contribution in [-0.2, 0) is 0 Å². The summed E-state index contributed by atoms with van der Waals surface area (Å²) in [5, 5.41) is 5.27. The van der Waals surface area contributed by atoms with E-state index < -0.39 is 0 Å². The van der Waals surface area contributed by atoms with Crippen LogP contribution in [0, 0.1) is 5.92 Å².